The number of nitrogens with zero attached hydrogens (tertiary/aromatic N) is 4. The number of pyridine rings is 1. The maximum Gasteiger partial charge on any atom is 0.573 e. The third-order valence-corrected chi connectivity index (χ3v) is 4.49. The van der Waals surface area contributed by atoms with Crippen molar-refractivity contribution in [2.45, 2.75) is 30.7 Å². The summed E-state index contributed by atoms with van der Waals surface area (Å²) in [7, 11) is 0. The molecule has 0 atom stereocenters. The summed E-state index contributed by atoms with van der Waals surface area (Å²) < 4.78 is 42.4. The highest BCUT2D eigenvalue weighted by molar-refractivity contribution is 7.98. The van der Waals surface area contributed by atoms with Gasteiger partial charge in [-0.15, -0.1) is 23.4 Å². The maximum absolute atomic E-state index is 12.2. The van der Waals surface area contributed by atoms with Crippen LogP contribution in [0, 0.1) is 0 Å². The molecule has 3 aromatic rings. The van der Waals surface area contributed by atoms with Gasteiger partial charge in [-0.25, -0.2) is 0 Å². The summed E-state index contributed by atoms with van der Waals surface area (Å²) in [4.78, 5) is 4.29. The summed E-state index contributed by atoms with van der Waals surface area (Å²) in [6.07, 6.45) is -2.99. The zero-order chi connectivity index (χ0) is 18.6. The van der Waals surface area contributed by atoms with Crippen molar-refractivity contribution >= 4 is 11.8 Å². The normalized spacial score (nSPS) is 11.5. The van der Waals surface area contributed by atoms with E-state index in [0.29, 0.717) is 18.1 Å². The van der Waals surface area contributed by atoms with Gasteiger partial charge in [0.2, 0.25) is 0 Å². The summed E-state index contributed by atoms with van der Waals surface area (Å²) in [5.74, 6) is 0.997. The highest BCUT2D eigenvalue weighted by Crippen LogP contribution is 2.27. The molecule has 0 unspecified atom stereocenters. The average molecular weight is 380 g/mol. The largest absolute Gasteiger partial charge is 0.573 e. The van der Waals surface area contributed by atoms with Crippen LogP contribution in [0.5, 0.6) is 5.75 Å². The molecule has 0 aliphatic rings. The van der Waals surface area contributed by atoms with Gasteiger partial charge in [0.05, 0.1) is 0 Å². The lowest BCUT2D eigenvalue weighted by molar-refractivity contribution is -0.274. The number of aromatic nitrogens is 4. The van der Waals surface area contributed by atoms with E-state index in [-0.39, 0.29) is 5.75 Å². The highest BCUT2D eigenvalue weighted by atomic mass is 32.2. The molecule has 0 saturated heterocycles. The molecule has 0 radical (unpaired) electrons. The number of halogens is 3. The van der Waals surface area contributed by atoms with Gasteiger partial charge in [-0.2, -0.15) is 0 Å². The maximum atomic E-state index is 12.2. The van der Waals surface area contributed by atoms with E-state index in [4.69, 9.17) is 0 Å². The van der Waals surface area contributed by atoms with Gasteiger partial charge in [-0.3, -0.25) is 4.98 Å². The number of benzene rings is 1. The van der Waals surface area contributed by atoms with Crippen molar-refractivity contribution in [3.8, 4) is 17.3 Å². The van der Waals surface area contributed by atoms with Crippen molar-refractivity contribution in [2.75, 3.05) is 0 Å². The summed E-state index contributed by atoms with van der Waals surface area (Å²) in [5, 5.41) is 9.14. The van der Waals surface area contributed by atoms with Crippen LogP contribution in [-0.2, 0) is 12.3 Å². The van der Waals surface area contributed by atoms with E-state index < -0.39 is 6.36 Å². The molecule has 2 aromatic heterocycles. The van der Waals surface area contributed by atoms with Gasteiger partial charge in [0.1, 0.15) is 11.4 Å². The molecule has 1 aromatic carbocycles. The molecule has 0 saturated carbocycles. The fourth-order valence-electron chi connectivity index (χ4n) is 2.30. The summed E-state index contributed by atoms with van der Waals surface area (Å²) in [5.41, 5.74) is 1.59. The lowest BCUT2D eigenvalue weighted by Crippen LogP contribution is -2.16. The Morgan fingerprint density at radius 1 is 1.08 bits per heavy atom. The Labute approximate surface area is 152 Å². The Morgan fingerprint density at radius 2 is 1.85 bits per heavy atom. The first-order valence-electron chi connectivity index (χ1n) is 7.78. The predicted octanol–water partition coefficient (Wildman–Crippen LogP) is 4.55. The lowest BCUT2D eigenvalue weighted by atomic mass is 10.2. The highest BCUT2D eigenvalue weighted by Gasteiger charge is 2.30. The Hall–Kier alpha value is -2.55. The summed E-state index contributed by atoms with van der Waals surface area (Å²) >= 11 is 1.46. The number of ether oxygens (including phenoxy) is 1. The molecule has 0 N–H and O–H groups in total. The van der Waals surface area contributed by atoms with Crippen LogP contribution in [0.2, 0.25) is 0 Å². The predicted molar refractivity (Wildman–Crippen MR) is 91.6 cm³/mol. The Kier molecular flexibility index (Phi) is 5.46. The van der Waals surface area contributed by atoms with Gasteiger partial charge in [-0.05, 0) is 36.8 Å². The zero-order valence-corrected chi connectivity index (χ0v) is 14.6. The van der Waals surface area contributed by atoms with Crippen LogP contribution in [0.4, 0.5) is 13.2 Å². The van der Waals surface area contributed by atoms with Crippen LogP contribution in [0.3, 0.4) is 0 Å². The minimum absolute atomic E-state index is 0.236. The molecule has 5 nitrogen and oxygen atoms in total. The number of alkyl halides is 3. The molecule has 26 heavy (non-hydrogen) atoms. The first-order chi connectivity index (χ1) is 12.5. The molecule has 0 bridgehead atoms. The van der Waals surface area contributed by atoms with Crippen LogP contribution < -0.4 is 4.74 Å². The Bertz CT molecular complexity index is 851. The van der Waals surface area contributed by atoms with E-state index in [1.165, 1.54) is 23.9 Å². The lowest BCUT2D eigenvalue weighted by Gasteiger charge is -2.09. The fourth-order valence-corrected chi connectivity index (χ4v) is 3.26. The summed E-state index contributed by atoms with van der Waals surface area (Å²) in [6, 6.07) is 11.4. The van der Waals surface area contributed by atoms with Gasteiger partial charge in [0.25, 0.3) is 0 Å². The monoisotopic (exact) mass is 380 g/mol. The minimum atomic E-state index is -4.68. The van der Waals surface area contributed by atoms with Gasteiger partial charge in [0.15, 0.2) is 11.0 Å². The second-order valence-corrected chi connectivity index (χ2v) is 6.19. The van der Waals surface area contributed by atoms with E-state index in [1.54, 1.807) is 18.3 Å². The molecule has 0 aliphatic heterocycles. The first kappa shape index (κ1) is 18.2. The molecule has 0 aliphatic carbocycles. The average Bonchev–Trinajstić information content (AvgIpc) is 3.03. The van der Waals surface area contributed by atoms with E-state index >= 15 is 0 Å². The van der Waals surface area contributed by atoms with Crippen LogP contribution >= 0.6 is 11.8 Å². The standard InChI is InChI=1S/C17H15F3N4OS/c1-2-24-15(14-5-3-4-10-21-14)22-23-16(24)26-11-12-6-8-13(9-7-12)25-17(18,19)20/h3-10H,2,11H2,1H3. The summed E-state index contributed by atoms with van der Waals surface area (Å²) in [6.45, 7) is 2.67. The molecule has 0 fully saturated rings. The first-order valence-corrected chi connectivity index (χ1v) is 8.77. The smallest absolute Gasteiger partial charge is 0.406 e. The molecule has 0 spiro atoms. The fraction of sp³-hybridized carbons (Fsp3) is 0.235. The van der Waals surface area contributed by atoms with Crippen molar-refractivity contribution in [3.05, 3.63) is 54.2 Å². The van der Waals surface area contributed by atoms with Crippen molar-refractivity contribution in [2.24, 2.45) is 0 Å². The molecular weight excluding hydrogens is 365 g/mol. The molecular formula is C17H15F3N4OS. The van der Waals surface area contributed by atoms with Crippen LogP contribution in [0.25, 0.3) is 11.5 Å². The Balaban J connectivity index is 1.69. The van der Waals surface area contributed by atoms with E-state index in [1.807, 2.05) is 29.7 Å². The van der Waals surface area contributed by atoms with Gasteiger partial charge < -0.3 is 9.30 Å². The van der Waals surface area contributed by atoms with E-state index in [9.17, 15) is 13.2 Å². The van der Waals surface area contributed by atoms with E-state index in [2.05, 4.69) is 19.9 Å². The number of hydrogen-bond acceptors (Lipinski definition) is 5. The van der Waals surface area contributed by atoms with Crippen LogP contribution in [0.15, 0.2) is 53.8 Å². The molecule has 3 rings (SSSR count). The number of thioether (sulfide) groups is 1. The topological polar surface area (TPSA) is 52.8 Å². The van der Waals surface area contributed by atoms with Crippen molar-refractivity contribution < 1.29 is 17.9 Å². The van der Waals surface area contributed by atoms with Gasteiger partial charge in [0, 0.05) is 18.5 Å². The third-order valence-electron chi connectivity index (χ3n) is 3.45. The van der Waals surface area contributed by atoms with Crippen molar-refractivity contribution in [1.29, 1.82) is 0 Å². The zero-order valence-electron chi connectivity index (χ0n) is 13.8. The van der Waals surface area contributed by atoms with Crippen LogP contribution in [0.1, 0.15) is 12.5 Å². The van der Waals surface area contributed by atoms with E-state index in [0.717, 1.165) is 16.4 Å². The number of rotatable bonds is 6. The van der Waals surface area contributed by atoms with Crippen molar-refractivity contribution in [3.63, 3.8) is 0 Å². The molecule has 136 valence electrons. The third kappa shape index (κ3) is 4.54. The molecule has 2 heterocycles. The SMILES string of the molecule is CCn1c(SCc2ccc(OC(F)(F)F)cc2)nnc1-c1ccccn1. The van der Waals surface area contributed by atoms with Crippen LogP contribution in [-0.4, -0.2) is 26.1 Å². The second kappa shape index (κ2) is 7.77. The quantitative estimate of drug-likeness (QED) is 0.587. The Morgan fingerprint density at radius 3 is 2.46 bits per heavy atom. The van der Waals surface area contributed by atoms with Gasteiger partial charge >= 0.3 is 6.36 Å². The number of hydrogen-bond donors (Lipinski definition) is 0. The second-order valence-electron chi connectivity index (χ2n) is 5.25. The van der Waals surface area contributed by atoms with Crippen molar-refractivity contribution in [1.82, 2.24) is 19.7 Å². The van der Waals surface area contributed by atoms with Gasteiger partial charge in [-0.1, -0.05) is 30.0 Å². The molecule has 0 amide bonds. The minimum Gasteiger partial charge on any atom is -0.406 e. The molecule has 9 heteroatoms.